The minimum Gasteiger partial charge on any atom is -0.481 e. The SMILES string of the molecule is O=C(O)CCc1n[nH]c(=S)n1C[C@@H]1CCCO1. The molecular weight excluding hydrogens is 242 g/mol. The fraction of sp³-hybridized carbons (Fsp3) is 0.700. The summed E-state index contributed by atoms with van der Waals surface area (Å²) in [5, 5.41) is 15.4. The molecule has 2 N–H and O–H groups in total. The van der Waals surface area contributed by atoms with Crippen LogP contribution in [0.15, 0.2) is 0 Å². The lowest BCUT2D eigenvalue weighted by molar-refractivity contribution is -0.137. The molecule has 0 saturated carbocycles. The van der Waals surface area contributed by atoms with Gasteiger partial charge in [-0.05, 0) is 25.1 Å². The Morgan fingerprint density at radius 1 is 1.71 bits per heavy atom. The molecule has 94 valence electrons. The van der Waals surface area contributed by atoms with Gasteiger partial charge in [0, 0.05) is 13.0 Å². The van der Waals surface area contributed by atoms with Crippen molar-refractivity contribution in [2.24, 2.45) is 0 Å². The number of carboxylic acid groups (broad SMARTS) is 1. The molecule has 0 aromatic carbocycles. The molecule has 1 aromatic heterocycles. The predicted molar refractivity (Wildman–Crippen MR) is 62.3 cm³/mol. The van der Waals surface area contributed by atoms with Crippen LogP contribution in [0.5, 0.6) is 0 Å². The zero-order chi connectivity index (χ0) is 12.3. The van der Waals surface area contributed by atoms with E-state index in [9.17, 15) is 4.79 Å². The van der Waals surface area contributed by atoms with Gasteiger partial charge in [0.1, 0.15) is 5.82 Å². The molecule has 0 spiro atoms. The number of hydrogen-bond donors (Lipinski definition) is 2. The lowest BCUT2D eigenvalue weighted by atomic mass is 10.2. The number of carbonyl (C=O) groups is 1. The zero-order valence-electron chi connectivity index (χ0n) is 9.39. The largest absolute Gasteiger partial charge is 0.481 e. The highest BCUT2D eigenvalue weighted by atomic mass is 32.1. The molecule has 1 aromatic rings. The van der Waals surface area contributed by atoms with Crippen LogP contribution in [-0.4, -0.2) is 38.6 Å². The molecule has 0 amide bonds. The van der Waals surface area contributed by atoms with Crippen molar-refractivity contribution in [2.75, 3.05) is 6.61 Å². The maximum atomic E-state index is 10.5. The maximum Gasteiger partial charge on any atom is 0.303 e. The molecule has 7 heteroatoms. The molecule has 0 aliphatic carbocycles. The summed E-state index contributed by atoms with van der Waals surface area (Å²) in [6.07, 6.45) is 2.70. The van der Waals surface area contributed by atoms with Gasteiger partial charge in [0.05, 0.1) is 19.1 Å². The Morgan fingerprint density at radius 2 is 2.53 bits per heavy atom. The number of aryl methyl sites for hydroxylation is 1. The third-order valence-electron chi connectivity index (χ3n) is 2.81. The first-order valence-corrected chi connectivity index (χ1v) is 6.05. The van der Waals surface area contributed by atoms with Crippen LogP contribution in [0, 0.1) is 4.77 Å². The third-order valence-corrected chi connectivity index (χ3v) is 3.12. The van der Waals surface area contributed by atoms with E-state index in [-0.39, 0.29) is 12.5 Å². The molecule has 1 saturated heterocycles. The average molecular weight is 257 g/mol. The Morgan fingerprint density at radius 3 is 3.18 bits per heavy atom. The van der Waals surface area contributed by atoms with Crippen LogP contribution in [0.3, 0.4) is 0 Å². The Bertz CT molecular complexity index is 448. The first-order valence-electron chi connectivity index (χ1n) is 5.64. The number of hydrogen-bond acceptors (Lipinski definition) is 4. The maximum absolute atomic E-state index is 10.5. The minimum atomic E-state index is -0.831. The van der Waals surface area contributed by atoms with E-state index in [1.807, 2.05) is 4.57 Å². The number of aromatic amines is 1. The number of carboxylic acids is 1. The quantitative estimate of drug-likeness (QED) is 0.773. The van der Waals surface area contributed by atoms with Crippen LogP contribution in [0.2, 0.25) is 0 Å². The fourth-order valence-corrected chi connectivity index (χ4v) is 2.17. The number of nitrogens with zero attached hydrogens (tertiary/aromatic N) is 2. The molecular formula is C10H15N3O3S. The second-order valence-corrected chi connectivity index (χ2v) is 4.47. The number of rotatable bonds is 5. The van der Waals surface area contributed by atoms with Gasteiger partial charge in [-0.15, -0.1) is 0 Å². The van der Waals surface area contributed by atoms with Crippen molar-refractivity contribution in [2.45, 2.75) is 38.3 Å². The second-order valence-electron chi connectivity index (χ2n) is 4.08. The van der Waals surface area contributed by atoms with E-state index in [0.29, 0.717) is 23.6 Å². The molecule has 2 heterocycles. The number of ether oxygens (including phenoxy) is 1. The van der Waals surface area contributed by atoms with Gasteiger partial charge in [0.2, 0.25) is 0 Å². The van der Waals surface area contributed by atoms with Crippen LogP contribution in [0.1, 0.15) is 25.1 Å². The molecule has 6 nitrogen and oxygen atoms in total. The van der Waals surface area contributed by atoms with Gasteiger partial charge < -0.3 is 14.4 Å². The van der Waals surface area contributed by atoms with Gasteiger partial charge in [-0.25, -0.2) is 0 Å². The van der Waals surface area contributed by atoms with Gasteiger partial charge in [-0.1, -0.05) is 0 Å². The Balaban J connectivity index is 2.05. The lowest BCUT2D eigenvalue weighted by Gasteiger charge is -2.11. The predicted octanol–water partition coefficient (Wildman–Crippen LogP) is 1.14. The monoisotopic (exact) mass is 257 g/mol. The molecule has 1 aliphatic heterocycles. The zero-order valence-corrected chi connectivity index (χ0v) is 10.2. The molecule has 0 unspecified atom stereocenters. The number of H-pyrrole nitrogens is 1. The van der Waals surface area contributed by atoms with Crippen molar-refractivity contribution in [1.82, 2.24) is 14.8 Å². The summed E-state index contributed by atoms with van der Waals surface area (Å²) in [5.74, 6) is -0.143. The summed E-state index contributed by atoms with van der Waals surface area (Å²) >= 11 is 5.13. The van der Waals surface area contributed by atoms with Gasteiger partial charge >= 0.3 is 5.97 Å². The normalized spacial score (nSPS) is 19.6. The van der Waals surface area contributed by atoms with Crippen LogP contribution in [0.4, 0.5) is 0 Å². The Kier molecular flexibility index (Phi) is 3.90. The van der Waals surface area contributed by atoms with E-state index < -0.39 is 5.97 Å². The smallest absolute Gasteiger partial charge is 0.303 e. The topological polar surface area (TPSA) is 80.1 Å². The van der Waals surface area contributed by atoms with E-state index in [4.69, 9.17) is 22.1 Å². The first kappa shape index (κ1) is 12.3. The highest BCUT2D eigenvalue weighted by Gasteiger charge is 2.18. The van der Waals surface area contributed by atoms with Crippen LogP contribution < -0.4 is 0 Å². The average Bonchev–Trinajstić information content (AvgIpc) is 2.89. The van der Waals surface area contributed by atoms with E-state index in [1.165, 1.54) is 0 Å². The van der Waals surface area contributed by atoms with Gasteiger partial charge in [-0.3, -0.25) is 9.89 Å². The summed E-state index contributed by atoms with van der Waals surface area (Å²) < 4.78 is 7.91. The van der Waals surface area contributed by atoms with Crippen molar-refractivity contribution >= 4 is 18.2 Å². The third kappa shape index (κ3) is 3.13. The van der Waals surface area contributed by atoms with Gasteiger partial charge in [-0.2, -0.15) is 5.10 Å². The molecule has 1 fully saturated rings. The summed E-state index contributed by atoms with van der Waals surface area (Å²) in [6.45, 7) is 1.45. The highest BCUT2D eigenvalue weighted by Crippen LogP contribution is 2.15. The molecule has 0 bridgehead atoms. The van der Waals surface area contributed by atoms with E-state index >= 15 is 0 Å². The number of aliphatic carboxylic acids is 1. The number of aromatic nitrogens is 3. The molecule has 17 heavy (non-hydrogen) atoms. The number of nitrogens with one attached hydrogen (secondary N) is 1. The summed E-state index contributed by atoms with van der Waals surface area (Å²) in [7, 11) is 0. The van der Waals surface area contributed by atoms with Crippen molar-refractivity contribution in [3.05, 3.63) is 10.6 Å². The van der Waals surface area contributed by atoms with Crippen molar-refractivity contribution in [3.8, 4) is 0 Å². The highest BCUT2D eigenvalue weighted by molar-refractivity contribution is 7.71. The molecule has 2 rings (SSSR count). The van der Waals surface area contributed by atoms with Crippen molar-refractivity contribution in [3.63, 3.8) is 0 Å². The minimum absolute atomic E-state index is 0.0607. The summed E-state index contributed by atoms with van der Waals surface area (Å²) in [4.78, 5) is 10.5. The summed E-state index contributed by atoms with van der Waals surface area (Å²) in [5.41, 5.74) is 0. The van der Waals surface area contributed by atoms with Crippen molar-refractivity contribution < 1.29 is 14.6 Å². The van der Waals surface area contributed by atoms with E-state index in [2.05, 4.69) is 10.2 Å². The fourth-order valence-electron chi connectivity index (χ4n) is 1.94. The first-order chi connectivity index (χ1) is 8.16. The lowest BCUT2D eigenvalue weighted by Crippen LogP contribution is -2.17. The summed E-state index contributed by atoms with van der Waals surface area (Å²) in [6, 6.07) is 0. The van der Waals surface area contributed by atoms with Gasteiger partial charge in [0.25, 0.3) is 0 Å². The van der Waals surface area contributed by atoms with Crippen LogP contribution >= 0.6 is 12.2 Å². The molecule has 1 aliphatic rings. The van der Waals surface area contributed by atoms with E-state index in [0.717, 1.165) is 19.4 Å². The second kappa shape index (κ2) is 5.42. The molecule has 0 radical (unpaired) electrons. The van der Waals surface area contributed by atoms with Crippen LogP contribution in [0.25, 0.3) is 0 Å². The molecule has 1 atom stereocenters. The Labute approximate surface area is 104 Å². The van der Waals surface area contributed by atoms with Gasteiger partial charge in [0.15, 0.2) is 4.77 Å². The Hall–Kier alpha value is -1.21. The van der Waals surface area contributed by atoms with Crippen LogP contribution in [-0.2, 0) is 22.5 Å². The van der Waals surface area contributed by atoms with E-state index in [1.54, 1.807) is 0 Å². The standard InChI is InChI=1S/C10H15N3O3S/c14-9(15)4-3-8-11-12-10(17)13(8)6-7-2-1-5-16-7/h7H,1-6H2,(H,12,17)(H,14,15)/t7-/m0/s1. The van der Waals surface area contributed by atoms with Crippen molar-refractivity contribution in [1.29, 1.82) is 0 Å².